The Balaban J connectivity index is 1.66. The van der Waals surface area contributed by atoms with Crippen molar-refractivity contribution < 1.29 is 4.79 Å². The first kappa shape index (κ1) is 17.8. The molecular weight excluding hydrogens is 320 g/mol. The van der Waals surface area contributed by atoms with Gasteiger partial charge in [-0.05, 0) is 68.3 Å². The summed E-state index contributed by atoms with van der Waals surface area (Å²) in [6.07, 6.45) is 7.35. The second kappa shape index (κ2) is 7.45. The third-order valence-corrected chi connectivity index (χ3v) is 6.20. The van der Waals surface area contributed by atoms with E-state index >= 15 is 0 Å². The van der Waals surface area contributed by atoms with E-state index in [1.165, 1.54) is 5.56 Å². The predicted molar refractivity (Wildman–Crippen MR) is 99.3 cm³/mol. The van der Waals surface area contributed by atoms with Crippen LogP contribution in [0.4, 0.5) is 0 Å². The van der Waals surface area contributed by atoms with Gasteiger partial charge in [-0.15, -0.1) is 0 Å². The maximum Gasteiger partial charge on any atom is 0.226 e. The Morgan fingerprint density at radius 3 is 2.58 bits per heavy atom. The number of nitrogens with one attached hydrogen (secondary N) is 2. The van der Waals surface area contributed by atoms with E-state index in [1.807, 2.05) is 18.2 Å². The molecule has 0 unspecified atom stereocenters. The SMILES string of the molecule is CC1(CNC(=O)C2(Cc3cccc(Cl)c3)CCCC2)CCNCC1. The lowest BCUT2D eigenvalue weighted by Crippen LogP contribution is -2.47. The standard InChI is InChI=1S/C20H29ClN2O/c1-19(9-11-22-12-10-19)15-23-18(24)20(7-2-3-8-20)14-16-5-4-6-17(21)13-16/h4-6,13,22H,2-3,7-12,14-15H2,1H3,(H,23,24). The summed E-state index contributed by atoms with van der Waals surface area (Å²) in [5.41, 5.74) is 1.16. The van der Waals surface area contributed by atoms with Crippen LogP contribution in [-0.4, -0.2) is 25.5 Å². The van der Waals surface area contributed by atoms with Crippen LogP contribution in [-0.2, 0) is 11.2 Å². The number of rotatable bonds is 5. The highest BCUT2D eigenvalue weighted by molar-refractivity contribution is 6.30. The molecule has 1 aliphatic heterocycles. The number of hydrogen-bond donors (Lipinski definition) is 2. The van der Waals surface area contributed by atoms with E-state index < -0.39 is 0 Å². The molecule has 1 amide bonds. The van der Waals surface area contributed by atoms with E-state index in [4.69, 9.17) is 11.6 Å². The van der Waals surface area contributed by atoms with Gasteiger partial charge in [0.05, 0.1) is 5.41 Å². The molecule has 1 aromatic rings. The quantitative estimate of drug-likeness (QED) is 0.846. The van der Waals surface area contributed by atoms with E-state index in [1.54, 1.807) is 0 Å². The fourth-order valence-electron chi connectivity index (χ4n) is 4.26. The van der Waals surface area contributed by atoms with Crippen LogP contribution in [0.5, 0.6) is 0 Å². The van der Waals surface area contributed by atoms with Crippen molar-refractivity contribution in [3.05, 3.63) is 34.9 Å². The minimum Gasteiger partial charge on any atom is -0.355 e. The molecule has 4 heteroatoms. The molecule has 3 nitrogen and oxygen atoms in total. The Morgan fingerprint density at radius 1 is 1.21 bits per heavy atom. The van der Waals surface area contributed by atoms with Crippen molar-refractivity contribution in [3.8, 4) is 0 Å². The fourth-order valence-corrected chi connectivity index (χ4v) is 4.47. The topological polar surface area (TPSA) is 41.1 Å². The second-order valence-electron chi connectivity index (χ2n) is 8.04. The number of benzene rings is 1. The van der Waals surface area contributed by atoms with E-state index in [9.17, 15) is 4.79 Å². The van der Waals surface area contributed by atoms with Crippen molar-refractivity contribution >= 4 is 17.5 Å². The van der Waals surface area contributed by atoms with Gasteiger partial charge in [-0.2, -0.15) is 0 Å². The van der Waals surface area contributed by atoms with Gasteiger partial charge in [-0.1, -0.05) is 43.5 Å². The van der Waals surface area contributed by atoms with Gasteiger partial charge in [0.15, 0.2) is 0 Å². The summed E-state index contributed by atoms with van der Waals surface area (Å²) in [7, 11) is 0. The van der Waals surface area contributed by atoms with E-state index in [2.05, 4.69) is 23.6 Å². The summed E-state index contributed by atoms with van der Waals surface area (Å²) in [5.74, 6) is 0.250. The third-order valence-electron chi connectivity index (χ3n) is 5.96. The zero-order valence-corrected chi connectivity index (χ0v) is 15.4. The third kappa shape index (κ3) is 4.12. The molecule has 0 bridgehead atoms. The Labute approximate surface area is 150 Å². The molecule has 0 radical (unpaired) electrons. The monoisotopic (exact) mass is 348 g/mol. The van der Waals surface area contributed by atoms with Crippen LogP contribution in [0.2, 0.25) is 5.02 Å². The minimum absolute atomic E-state index is 0.233. The highest BCUT2D eigenvalue weighted by atomic mass is 35.5. The normalized spacial score (nSPS) is 22.2. The minimum atomic E-state index is -0.242. The molecule has 2 aliphatic rings. The highest BCUT2D eigenvalue weighted by Gasteiger charge is 2.41. The number of piperidine rings is 1. The average molecular weight is 349 g/mol. The first-order chi connectivity index (χ1) is 11.5. The van der Waals surface area contributed by atoms with Gasteiger partial charge in [0.25, 0.3) is 0 Å². The first-order valence-electron chi connectivity index (χ1n) is 9.25. The number of hydrogen-bond acceptors (Lipinski definition) is 2. The smallest absolute Gasteiger partial charge is 0.226 e. The Morgan fingerprint density at radius 2 is 1.92 bits per heavy atom. The van der Waals surface area contributed by atoms with Gasteiger partial charge < -0.3 is 10.6 Å². The van der Waals surface area contributed by atoms with Crippen molar-refractivity contribution in [1.82, 2.24) is 10.6 Å². The molecule has 24 heavy (non-hydrogen) atoms. The van der Waals surface area contributed by atoms with Gasteiger partial charge in [0, 0.05) is 11.6 Å². The lowest BCUT2D eigenvalue weighted by atomic mass is 9.77. The van der Waals surface area contributed by atoms with E-state index in [-0.39, 0.29) is 16.7 Å². The largest absolute Gasteiger partial charge is 0.355 e. The number of carbonyl (C=O) groups excluding carboxylic acids is 1. The molecule has 1 aliphatic carbocycles. The van der Waals surface area contributed by atoms with Crippen molar-refractivity contribution in [2.24, 2.45) is 10.8 Å². The maximum atomic E-state index is 13.1. The molecule has 1 heterocycles. The van der Waals surface area contributed by atoms with Gasteiger partial charge in [0.2, 0.25) is 5.91 Å². The van der Waals surface area contributed by atoms with Gasteiger partial charge in [-0.25, -0.2) is 0 Å². The molecule has 1 saturated heterocycles. The highest BCUT2D eigenvalue weighted by Crippen LogP contribution is 2.42. The lowest BCUT2D eigenvalue weighted by molar-refractivity contribution is -0.131. The fraction of sp³-hybridized carbons (Fsp3) is 0.650. The number of amides is 1. The van der Waals surface area contributed by atoms with Gasteiger partial charge >= 0.3 is 0 Å². The van der Waals surface area contributed by atoms with Crippen LogP contribution in [0.1, 0.15) is 51.0 Å². The van der Waals surface area contributed by atoms with E-state index in [0.717, 1.165) is 69.6 Å². The van der Waals surface area contributed by atoms with Crippen LogP contribution >= 0.6 is 11.6 Å². The van der Waals surface area contributed by atoms with Crippen molar-refractivity contribution in [2.45, 2.75) is 51.9 Å². The molecule has 3 rings (SSSR count). The van der Waals surface area contributed by atoms with Crippen molar-refractivity contribution in [1.29, 1.82) is 0 Å². The average Bonchev–Trinajstić information content (AvgIpc) is 3.03. The summed E-state index contributed by atoms with van der Waals surface area (Å²) >= 11 is 6.13. The van der Waals surface area contributed by atoms with Crippen LogP contribution in [0.3, 0.4) is 0 Å². The van der Waals surface area contributed by atoms with Crippen LogP contribution in [0, 0.1) is 10.8 Å². The Hall–Kier alpha value is -1.06. The first-order valence-corrected chi connectivity index (χ1v) is 9.63. The molecule has 2 fully saturated rings. The van der Waals surface area contributed by atoms with Crippen molar-refractivity contribution in [2.75, 3.05) is 19.6 Å². The molecule has 0 atom stereocenters. The summed E-state index contributed by atoms with van der Waals surface area (Å²) in [6, 6.07) is 7.97. The molecule has 0 aromatic heterocycles. The second-order valence-corrected chi connectivity index (χ2v) is 8.47. The van der Waals surface area contributed by atoms with E-state index in [0.29, 0.717) is 0 Å². The molecule has 0 spiro atoms. The van der Waals surface area contributed by atoms with Crippen LogP contribution < -0.4 is 10.6 Å². The van der Waals surface area contributed by atoms with Crippen LogP contribution in [0.15, 0.2) is 24.3 Å². The summed E-state index contributed by atoms with van der Waals surface area (Å²) in [6.45, 7) is 5.21. The zero-order valence-electron chi connectivity index (χ0n) is 14.7. The Bertz CT molecular complexity index is 575. The molecule has 1 saturated carbocycles. The summed E-state index contributed by atoms with van der Waals surface area (Å²) < 4.78 is 0. The Kier molecular flexibility index (Phi) is 5.51. The lowest BCUT2D eigenvalue weighted by Gasteiger charge is -2.36. The number of carbonyl (C=O) groups is 1. The summed E-state index contributed by atoms with van der Waals surface area (Å²) in [5, 5.41) is 7.47. The summed E-state index contributed by atoms with van der Waals surface area (Å²) in [4.78, 5) is 13.1. The molecule has 2 N–H and O–H groups in total. The zero-order chi connectivity index (χ0) is 17.0. The number of halogens is 1. The van der Waals surface area contributed by atoms with Gasteiger partial charge in [-0.3, -0.25) is 4.79 Å². The molecule has 132 valence electrons. The molecule has 1 aromatic carbocycles. The van der Waals surface area contributed by atoms with Crippen LogP contribution in [0.25, 0.3) is 0 Å². The maximum absolute atomic E-state index is 13.1. The van der Waals surface area contributed by atoms with Crippen molar-refractivity contribution in [3.63, 3.8) is 0 Å². The van der Waals surface area contributed by atoms with Gasteiger partial charge in [0.1, 0.15) is 0 Å². The molecular formula is C20H29ClN2O. The predicted octanol–water partition coefficient (Wildman–Crippen LogP) is 3.95.